The minimum absolute atomic E-state index is 0.408. The van der Waals surface area contributed by atoms with Crippen LogP contribution in [0.2, 0.25) is 0 Å². The van der Waals surface area contributed by atoms with Crippen molar-refractivity contribution in [3.05, 3.63) is 16.1 Å². The average molecular weight is 224 g/mol. The molecule has 3 heteroatoms. The van der Waals surface area contributed by atoms with Gasteiger partial charge in [-0.15, -0.1) is 11.3 Å². The molecule has 1 fully saturated rings. The lowest BCUT2D eigenvalue weighted by atomic mass is 10.2. The third-order valence-corrected chi connectivity index (χ3v) is 4.46. The zero-order valence-corrected chi connectivity index (χ0v) is 10.6. The molecule has 0 aliphatic heterocycles. The monoisotopic (exact) mass is 224 g/mol. The molecule has 1 saturated carbocycles. The fraction of sp³-hybridized carbons (Fsp3) is 0.750. The summed E-state index contributed by atoms with van der Waals surface area (Å²) in [5.41, 5.74) is 0. The van der Waals surface area contributed by atoms with Gasteiger partial charge in [0.15, 0.2) is 0 Å². The van der Waals surface area contributed by atoms with Crippen molar-refractivity contribution in [2.24, 2.45) is 5.92 Å². The highest BCUT2D eigenvalue weighted by atomic mass is 32.1. The number of nitrogens with one attached hydrogen (secondary N) is 1. The standard InChI is InChI=1S/C12H20N2S/c1-4-11-7-13-12(15-11)9(3)14-8(2)10-5-6-10/h7-10,14H,4-6H2,1-3H3. The van der Waals surface area contributed by atoms with Crippen molar-refractivity contribution < 1.29 is 0 Å². The molecule has 2 nitrogen and oxygen atoms in total. The lowest BCUT2D eigenvalue weighted by molar-refractivity contribution is 0.440. The Hall–Kier alpha value is -0.410. The number of thiazole rings is 1. The molecule has 1 aromatic rings. The molecule has 1 aromatic heterocycles. The van der Waals surface area contributed by atoms with Crippen LogP contribution in [0.15, 0.2) is 6.20 Å². The van der Waals surface area contributed by atoms with Crippen molar-refractivity contribution in [1.29, 1.82) is 0 Å². The summed E-state index contributed by atoms with van der Waals surface area (Å²) in [4.78, 5) is 5.86. The molecule has 0 bridgehead atoms. The first-order valence-electron chi connectivity index (χ1n) is 5.91. The molecule has 2 unspecified atom stereocenters. The van der Waals surface area contributed by atoms with Crippen LogP contribution in [0.1, 0.15) is 49.5 Å². The molecule has 0 radical (unpaired) electrons. The lowest BCUT2D eigenvalue weighted by Crippen LogP contribution is -2.30. The zero-order valence-electron chi connectivity index (χ0n) is 9.79. The highest BCUT2D eigenvalue weighted by molar-refractivity contribution is 7.11. The summed E-state index contributed by atoms with van der Waals surface area (Å²) in [5, 5.41) is 4.88. The maximum absolute atomic E-state index is 4.48. The van der Waals surface area contributed by atoms with Gasteiger partial charge in [-0.25, -0.2) is 4.98 Å². The van der Waals surface area contributed by atoms with E-state index in [2.05, 4.69) is 31.1 Å². The SMILES string of the molecule is CCc1cnc(C(C)NC(C)C2CC2)s1. The van der Waals surface area contributed by atoms with Crippen LogP contribution in [0.5, 0.6) is 0 Å². The number of nitrogens with zero attached hydrogens (tertiary/aromatic N) is 1. The molecule has 84 valence electrons. The van der Waals surface area contributed by atoms with Crippen LogP contribution < -0.4 is 5.32 Å². The van der Waals surface area contributed by atoms with Gasteiger partial charge in [0.25, 0.3) is 0 Å². The number of aromatic nitrogens is 1. The van der Waals surface area contributed by atoms with Gasteiger partial charge in [-0.1, -0.05) is 6.92 Å². The first kappa shape index (κ1) is 11.1. The predicted octanol–water partition coefficient (Wildman–Crippen LogP) is 3.15. The van der Waals surface area contributed by atoms with Gasteiger partial charge < -0.3 is 5.32 Å². The Labute approximate surface area is 96.1 Å². The first-order chi connectivity index (χ1) is 7.20. The van der Waals surface area contributed by atoms with E-state index in [9.17, 15) is 0 Å². The molecule has 0 aromatic carbocycles. The Morgan fingerprint density at radius 2 is 2.27 bits per heavy atom. The fourth-order valence-electron chi connectivity index (χ4n) is 1.88. The summed E-state index contributed by atoms with van der Waals surface area (Å²) in [7, 11) is 0. The second kappa shape index (κ2) is 4.62. The maximum atomic E-state index is 4.48. The number of aryl methyl sites for hydroxylation is 1. The molecule has 0 spiro atoms. The Balaban J connectivity index is 1.91. The maximum Gasteiger partial charge on any atom is 0.109 e. The number of hydrogen-bond donors (Lipinski definition) is 1. The highest BCUT2D eigenvalue weighted by Crippen LogP contribution is 2.33. The normalized spacial score (nSPS) is 20.2. The highest BCUT2D eigenvalue weighted by Gasteiger charge is 2.29. The van der Waals surface area contributed by atoms with Gasteiger partial charge >= 0.3 is 0 Å². The van der Waals surface area contributed by atoms with E-state index in [0.717, 1.165) is 12.3 Å². The number of hydrogen-bond acceptors (Lipinski definition) is 3. The third-order valence-electron chi connectivity index (χ3n) is 3.13. The molecule has 1 N–H and O–H groups in total. The zero-order chi connectivity index (χ0) is 10.8. The van der Waals surface area contributed by atoms with E-state index in [1.165, 1.54) is 22.7 Å². The van der Waals surface area contributed by atoms with Crippen molar-refractivity contribution in [3.63, 3.8) is 0 Å². The Kier molecular flexibility index (Phi) is 3.42. The van der Waals surface area contributed by atoms with Crippen LogP contribution in [-0.4, -0.2) is 11.0 Å². The Bertz CT molecular complexity index is 317. The second-order valence-electron chi connectivity index (χ2n) is 4.53. The van der Waals surface area contributed by atoms with E-state index < -0.39 is 0 Å². The molecule has 1 heterocycles. The Morgan fingerprint density at radius 1 is 1.53 bits per heavy atom. The summed E-state index contributed by atoms with van der Waals surface area (Å²) in [6.45, 7) is 6.70. The van der Waals surface area contributed by atoms with Gasteiger partial charge in [0.1, 0.15) is 5.01 Å². The second-order valence-corrected chi connectivity index (χ2v) is 5.68. The van der Waals surface area contributed by atoms with Crippen LogP contribution in [0.4, 0.5) is 0 Å². The van der Waals surface area contributed by atoms with Gasteiger partial charge in [0.2, 0.25) is 0 Å². The minimum Gasteiger partial charge on any atom is -0.305 e. The van der Waals surface area contributed by atoms with Crippen molar-refractivity contribution in [3.8, 4) is 0 Å². The van der Waals surface area contributed by atoms with E-state index in [0.29, 0.717) is 12.1 Å². The first-order valence-corrected chi connectivity index (χ1v) is 6.73. The van der Waals surface area contributed by atoms with Crippen LogP contribution in [0.3, 0.4) is 0 Å². The third kappa shape index (κ3) is 2.79. The average Bonchev–Trinajstić information content (AvgIpc) is 2.96. The van der Waals surface area contributed by atoms with Gasteiger partial charge in [-0.05, 0) is 39.0 Å². The van der Waals surface area contributed by atoms with Crippen LogP contribution in [0.25, 0.3) is 0 Å². The molecule has 1 aliphatic rings. The van der Waals surface area contributed by atoms with E-state index in [4.69, 9.17) is 0 Å². The summed E-state index contributed by atoms with van der Waals surface area (Å²) < 4.78 is 0. The summed E-state index contributed by atoms with van der Waals surface area (Å²) in [6.07, 6.45) is 5.92. The van der Waals surface area contributed by atoms with Crippen LogP contribution in [0, 0.1) is 5.92 Å². The van der Waals surface area contributed by atoms with Gasteiger partial charge in [-0.3, -0.25) is 0 Å². The molecular formula is C12H20N2S. The molecule has 2 rings (SSSR count). The van der Waals surface area contributed by atoms with Crippen molar-refractivity contribution in [2.75, 3.05) is 0 Å². The van der Waals surface area contributed by atoms with Crippen LogP contribution in [-0.2, 0) is 6.42 Å². The van der Waals surface area contributed by atoms with E-state index >= 15 is 0 Å². The minimum atomic E-state index is 0.408. The fourth-order valence-corrected chi connectivity index (χ4v) is 2.75. The molecule has 15 heavy (non-hydrogen) atoms. The summed E-state index contributed by atoms with van der Waals surface area (Å²) in [6, 6.07) is 1.06. The van der Waals surface area contributed by atoms with Crippen molar-refractivity contribution in [1.82, 2.24) is 10.3 Å². The molecule has 2 atom stereocenters. The van der Waals surface area contributed by atoms with Gasteiger partial charge in [0.05, 0.1) is 6.04 Å². The largest absolute Gasteiger partial charge is 0.305 e. The van der Waals surface area contributed by atoms with Crippen molar-refractivity contribution in [2.45, 2.75) is 52.1 Å². The Morgan fingerprint density at radius 3 is 2.80 bits per heavy atom. The van der Waals surface area contributed by atoms with E-state index in [1.807, 2.05) is 17.5 Å². The number of rotatable bonds is 5. The molecule has 1 aliphatic carbocycles. The smallest absolute Gasteiger partial charge is 0.109 e. The van der Waals surface area contributed by atoms with Crippen LogP contribution >= 0.6 is 11.3 Å². The molecule has 0 saturated heterocycles. The quantitative estimate of drug-likeness (QED) is 0.831. The van der Waals surface area contributed by atoms with E-state index in [1.54, 1.807) is 0 Å². The summed E-state index contributed by atoms with van der Waals surface area (Å²) in [5.74, 6) is 0.915. The molecular weight excluding hydrogens is 204 g/mol. The van der Waals surface area contributed by atoms with E-state index in [-0.39, 0.29) is 0 Å². The van der Waals surface area contributed by atoms with Gasteiger partial charge in [0, 0.05) is 17.1 Å². The van der Waals surface area contributed by atoms with Gasteiger partial charge in [-0.2, -0.15) is 0 Å². The molecule has 0 amide bonds. The summed E-state index contributed by atoms with van der Waals surface area (Å²) >= 11 is 1.84. The van der Waals surface area contributed by atoms with Crippen molar-refractivity contribution >= 4 is 11.3 Å². The predicted molar refractivity (Wildman–Crippen MR) is 65.2 cm³/mol. The lowest BCUT2D eigenvalue weighted by Gasteiger charge is -2.17. The topological polar surface area (TPSA) is 24.9 Å².